The van der Waals surface area contributed by atoms with Gasteiger partial charge in [0.15, 0.2) is 0 Å². The molecule has 1 amide bonds. The highest BCUT2D eigenvalue weighted by molar-refractivity contribution is 7.59. The largest absolute Gasteiger partial charge is 0.480 e. The average molecular weight is 624 g/mol. The topological polar surface area (TPSA) is 106 Å². The third kappa shape index (κ3) is 4.96. The molecule has 1 saturated heterocycles. The maximum absolute atomic E-state index is 12.8. The average Bonchev–Trinajstić information content (AvgIpc) is 3.47. The van der Waals surface area contributed by atoms with Crippen LogP contribution in [0.25, 0.3) is 0 Å². The zero-order valence-electron chi connectivity index (χ0n) is 27.5. The highest BCUT2D eigenvalue weighted by atomic mass is 32.1. The SMILES string of the molecule is CCO[C@@H](C1CCC2C(CC3C4CCC5C(C)(C)[C@@H](OC(=O)N(C)CC(=O)O)CC[C@@]56C[C@@]46CC[C@]23C)O1)C(C)(C)O.S. The van der Waals surface area contributed by atoms with Gasteiger partial charge in [-0.05, 0) is 125 Å². The first-order valence-corrected chi connectivity index (χ1v) is 16.7. The van der Waals surface area contributed by atoms with Crippen molar-refractivity contribution < 1.29 is 34.0 Å². The van der Waals surface area contributed by atoms with Crippen LogP contribution in [0.1, 0.15) is 106 Å². The first-order valence-electron chi connectivity index (χ1n) is 16.7. The lowest BCUT2D eigenvalue weighted by Crippen LogP contribution is -2.55. The maximum Gasteiger partial charge on any atom is 0.410 e. The molecule has 5 aliphatic carbocycles. The van der Waals surface area contributed by atoms with Gasteiger partial charge in [0.05, 0.1) is 17.8 Å². The number of ether oxygens (including phenoxy) is 3. The number of carboxylic acid groups (broad SMARTS) is 1. The van der Waals surface area contributed by atoms with Crippen LogP contribution in [0.15, 0.2) is 0 Å². The number of aliphatic carboxylic acids is 1. The number of hydrogen-bond acceptors (Lipinski definition) is 6. The van der Waals surface area contributed by atoms with Crippen molar-refractivity contribution >= 4 is 25.6 Å². The third-order valence-electron chi connectivity index (χ3n) is 13.9. The number of amides is 1. The Morgan fingerprint density at radius 1 is 1.00 bits per heavy atom. The molecule has 1 heterocycles. The van der Waals surface area contributed by atoms with Crippen LogP contribution in [0.4, 0.5) is 4.79 Å². The Morgan fingerprint density at radius 3 is 2.35 bits per heavy atom. The predicted molar refractivity (Wildman–Crippen MR) is 168 cm³/mol. The van der Waals surface area contributed by atoms with E-state index in [1.807, 2.05) is 20.8 Å². The molecule has 9 heteroatoms. The molecule has 0 aromatic rings. The fourth-order valence-corrected chi connectivity index (χ4v) is 12.1. The molecule has 2 N–H and O–H groups in total. The number of fused-ring (bicyclic) bond motifs is 4. The van der Waals surface area contributed by atoms with Gasteiger partial charge >= 0.3 is 12.1 Å². The second-order valence-corrected chi connectivity index (χ2v) is 16.5. The van der Waals surface area contributed by atoms with Crippen molar-refractivity contribution in [3.05, 3.63) is 0 Å². The number of carboxylic acids is 1. The van der Waals surface area contributed by atoms with Gasteiger partial charge in [0.1, 0.15) is 18.8 Å². The molecule has 0 aromatic heterocycles. The number of nitrogens with zero attached hydrogens (tertiary/aromatic N) is 1. The van der Waals surface area contributed by atoms with Gasteiger partial charge in [-0.15, -0.1) is 0 Å². The second-order valence-electron chi connectivity index (χ2n) is 16.5. The van der Waals surface area contributed by atoms with Gasteiger partial charge in [0, 0.05) is 19.1 Å². The van der Waals surface area contributed by atoms with E-state index in [0.717, 1.165) is 38.0 Å². The molecule has 246 valence electrons. The summed E-state index contributed by atoms with van der Waals surface area (Å²) < 4.78 is 19.0. The van der Waals surface area contributed by atoms with Crippen LogP contribution < -0.4 is 0 Å². The van der Waals surface area contributed by atoms with E-state index in [-0.39, 0.29) is 49.9 Å². The summed E-state index contributed by atoms with van der Waals surface area (Å²) in [5.74, 6) is 1.48. The third-order valence-corrected chi connectivity index (χ3v) is 13.9. The molecule has 2 spiro atoms. The maximum atomic E-state index is 12.8. The molecule has 0 radical (unpaired) electrons. The fourth-order valence-electron chi connectivity index (χ4n) is 12.1. The van der Waals surface area contributed by atoms with Crippen molar-refractivity contribution in [1.82, 2.24) is 4.90 Å². The van der Waals surface area contributed by atoms with Gasteiger partial charge in [-0.2, -0.15) is 13.5 Å². The molecule has 11 atom stereocenters. The molecule has 5 saturated carbocycles. The van der Waals surface area contributed by atoms with Crippen LogP contribution in [-0.4, -0.2) is 77.4 Å². The minimum atomic E-state index is -1.03. The molecule has 0 aromatic carbocycles. The van der Waals surface area contributed by atoms with E-state index >= 15 is 0 Å². The Bertz CT molecular complexity index is 1090. The standard InChI is InChI=1S/C34H55NO7.H2S/c1-8-40-28(31(4,5)39)23-11-9-21-24(41-23)17-22-20-10-12-25-30(2,3)26(42-29(38)35(7)18-27(36)37)13-14-34(25)19-33(20,34)16-15-32(21,22)6;/h20-26,28,39H,8-19H2,1-7H3,(H,36,37);1H2/t20?,21?,22?,23?,24?,25?,26-,28-,32+,33-,34+;/m0./s1. The fraction of sp³-hybridized carbons (Fsp3) is 0.941. The first-order chi connectivity index (χ1) is 19.6. The van der Waals surface area contributed by atoms with Gasteiger partial charge in [-0.3, -0.25) is 4.79 Å². The summed E-state index contributed by atoms with van der Waals surface area (Å²) in [5, 5.41) is 20.0. The van der Waals surface area contributed by atoms with Gasteiger partial charge in [0.2, 0.25) is 0 Å². The normalized spacial score (nSPS) is 44.7. The molecule has 6 aliphatic rings. The van der Waals surface area contributed by atoms with E-state index < -0.39 is 17.7 Å². The monoisotopic (exact) mass is 623 g/mol. The van der Waals surface area contributed by atoms with Crippen molar-refractivity contribution in [3.8, 4) is 0 Å². The Labute approximate surface area is 265 Å². The molecule has 6 rings (SSSR count). The molecular formula is C34H57NO7S. The predicted octanol–water partition coefficient (Wildman–Crippen LogP) is 6.00. The highest BCUT2D eigenvalue weighted by Crippen LogP contribution is 2.87. The number of likely N-dealkylation sites (N-methyl/N-ethyl adjacent to an activating group) is 1. The van der Waals surface area contributed by atoms with Gasteiger partial charge in [-0.1, -0.05) is 20.8 Å². The Balaban J connectivity index is 0.00000368. The minimum Gasteiger partial charge on any atom is -0.480 e. The Kier molecular flexibility index (Phi) is 8.57. The summed E-state index contributed by atoms with van der Waals surface area (Å²) in [6.07, 6.45) is 10.7. The van der Waals surface area contributed by atoms with Crippen LogP contribution in [0, 0.1) is 45.3 Å². The number of aliphatic hydroxyl groups is 1. The summed E-state index contributed by atoms with van der Waals surface area (Å²) in [6.45, 7) is 13.1. The van der Waals surface area contributed by atoms with Crippen molar-refractivity contribution in [1.29, 1.82) is 0 Å². The lowest BCUT2D eigenvalue weighted by molar-refractivity contribution is -0.193. The summed E-state index contributed by atoms with van der Waals surface area (Å²) in [7, 11) is 1.50. The second kappa shape index (κ2) is 11.0. The van der Waals surface area contributed by atoms with E-state index in [2.05, 4.69) is 20.8 Å². The molecule has 6 fully saturated rings. The van der Waals surface area contributed by atoms with Crippen molar-refractivity contribution in [3.63, 3.8) is 0 Å². The summed E-state index contributed by atoms with van der Waals surface area (Å²) in [5.41, 5.74) is -0.0140. The van der Waals surface area contributed by atoms with E-state index in [0.29, 0.717) is 40.6 Å². The van der Waals surface area contributed by atoms with E-state index in [9.17, 15) is 14.7 Å². The molecule has 43 heavy (non-hydrogen) atoms. The molecule has 6 unspecified atom stereocenters. The van der Waals surface area contributed by atoms with Crippen LogP contribution in [0.2, 0.25) is 0 Å². The van der Waals surface area contributed by atoms with Crippen LogP contribution >= 0.6 is 13.5 Å². The van der Waals surface area contributed by atoms with E-state index in [1.54, 1.807) is 0 Å². The van der Waals surface area contributed by atoms with Crippen molar-refractivity contribution in [2.75, 3.05) is 20.2 Å². The van der Waals surface area contributed by atoms with Gasteiger partial charge in [0.25, 0.3) is 0 Å². The smallest absolute Gasteiger partial charge is 0.410 e. The summed E-state index contributed by atoms with van der Waals surface area (Å²) in [4.78, 5) is 25.1. The Morgan fingerprint density at radius 2 is 1.70 bits per heavy atom. The number of rotatable bonds is 7. The van der Waals surface area contributed by atoms with Crippen LogP contribution in [0.3, 0.4) is 0 Å². The van der Waals surface area contributed by atoms with Crippen LogP contribution in [0.5, 0.6) is 0 Å². The van der Waals surface area contributed by atoms with Crippen molar-refractivity contribution in [2.24, 2.45) is 45.3 Å². The minimum absolute atomic E-state index is 0. The molecule has 8 nitrogen and oxygen atoms in total. The molecular weight excluding hydrogens is 566 g/mol. The summed E-state index contributed by atoms with van der Waals surface area (Å²) in [6, 6.07) is 0. The lowest BCUT2D eigenvalue weighted by Gasteiger charge is -2.59. The highest BCUT2D eigenvalue weighted by Gasteiger charge is 2.81. The zero-order valence-corrected chi connectivity index (χ0v) is 28.5. The van der Waals surface area contributed by atoms with Gasteiger partial charge < -0.3 is 29.3 Å². The number of hydrogen-bond donors (Lipinski definition) is 2. The molecule has 0 bridgehead atoms. The van der Waals surface area contributed by atoms with Crippen molar-refractivity contribution in [2.45, 2.75) is 136 Å². The zero-order chi connectivity index (χ0) is 30.5. The number of carbonyl (C=O) groups excluding carboxylic acids is 1. The first kappa shape index (κ1) is 33.3. The summed E-state index contributed by atoms with van der Waals surface area (Å²) >= 11 is 0. The van der Waals surface area contributed by atoms with Gasteiger partial charge in [-0.25, -0.2) is 4.79 Å². The van der Waals surface area contributed by atoms with E-state index in [1.165, 1.54) is 44.1 Å². The van der Waals surface area contributed by atoms with E-state index in [4.69, 9.17) is 19.3 Å². The Hall–Kier alpha value is -1.03. The quantitative estimate of drug-likeness (QED) is 0.358. The van der Waals surface area contributed by atoms with Crippen LogP contribution in [-0.2, 0) is 19.0 Å². The lowest BCUT2D eigenvalue weighted by atomic mass is 9.46. The number of carbonyl (C=O) groups is 2. The molecule has 1 aliphatic heterocycles.